The number of rotatable bonds is 4. The van der Waals surface area contributed by atoms with Crippen LogP contribution in [-0.2, 0) is 9.53 Å². The predicted octanol–water partition coefficient (Wildman–Crippen LogP) is 1.46. The molecule has 4 nitrogen and oxygen atoms in total. The summed E-state index contributed by atoms with van der Waals surface area (Å²) in [6.07, 6.45) is 3.14. The number of carbonyl (C=O) groups excluding carboxylic acids is 1. The van der Waals surface area contributed by atoms with Crippen molar-refractivity contribution < 1.29 is 14.3 Å². The second kappa shape index (κ2) is 4.98. The Morgan fingerprint density at radius 1 is 1.71 bits per heavy atom. The molecule has 0 aromatic carbocycles. The van der Waals surface area contributed by atoms with E-state index in [0.717, 1.165) is 24.0 Å². The number of ether oxygens (including phenoxy) is 1. The van der Waals surface area contributed by atoms with Gasteiger partial charge in [-0.15, -0.1) is 0 Å². The Morgan fingerprint density at radius 3 is 2.93 bits per heavy atom. The average Bonchev–Trinajstić information content (AvgIpc) is 2.48. The van der Waals surface area contributed by atoms with Gasteiger partial charge < -0.3 is 9.94 Å². The topological polar surface area (TPSA) is 52.4 Å². The van der Waals surface area contributed by atoms with E-state index in [0.29, 0.717) is 13.0 Å². The van der Waals surface area contributed by atoms with Gasteiger partial charge in [-0.05, 0) is 13.3 Å². The third-order valence-corrected chi connectivity index (χ3v) is 2.43. The number of esters is 1. The normalized spacial score (nSPS) is 21.4. The van der Waals surface area contributed by atoms with Crippen LogP contribution >= 0.6 is 0 Å². The molecule has 1 atom stereocenters. The molecule has 0 N–H and O–H groups in total. The molecule has 0 aromatic heterocycles. The van der Waals surface area contributed by atoms with E-state index in [1.807, 2.05) is 13.8 Å². The van der Waals surface area contributed by atoms with Gasteiger partial charge in [0.2, 0.25) is 0 Å². The molecule has 4 heteroatoms. The fraction of sp³-hybridized carbons (Fsp3) is 0.800. The molecule has 0 aliphatic carbocycles. The fourth-order valence-electron chi connectivity index (χ4n) is 1.42. The van der Waals surface area contributed by atoms with E-state index < -0.39 is 5.97 Å². The first kappa shape index (κ1) is 11.0. The van der Waals surface area contributed by atoms with E-state index in [2.05, 4.69) is 0 Å². The molecule has 1 rings (SSSR count). The molecule has 0 aromatic rings. The zero-order valence-corrected chi connectivity index (χ0v) is 8.78. The summed E-state index contributed by atoms with van der Waals surface area (Å²) >= 11 is 0. The summed E-state index contributed by atoms with van der Waals surface area (Å²) in [7, 11) is 0. The van der Waals surface area contributed by atoms with Crippen molar-refractivity contribution >= 4 is 11.7 Å². The number of nitrogens with zero attached hydrogens (tertiary/aromatic N) is 1. The number of carbonyl (C=O) groups is 1. The van der Waals surface area contributed by atoms with Crippen molar-refractivity contribution in [3.8, 4) is 0 Å². The van der Waals surface area contributed by atoms with Crippen molar-refractivity contribution in [2.45, 2.75) is 45.6 Å². The number of unbranched alkanes of at least 4 members (excludes halogenated alkanes) is 1. The summed E-state index contributed by atoms with van der Waals surface area (Å²) in [5, 5.41) is 11.4. The van der Waals surface area contributed by atoms with Gasteiger partial charge in [-0.1, -0.05) is 13.3 Å². The molecule has 80 valence electrons. The SMILES string of the molecule is CCCCOC(=O)C1=[N+]([O-])C(C)CC1. The van der Waals surface area contributed by atoms with E-state index >= 15 is 0 Å². The van der Waals surface area contributed by atoms with Crippen LogP contribution in [0.3, 0.4) is 0 Å². The Labute approximate surface area is 84.1 Å². The Kier molecular flexibility index (Phi) is 3.92. The largest absolute Gasteiger partial charge is 0.623 e. The zero-order chi connectivity index (χ0) is 10.6. The van der Waals surface area contributed by atoms with Crippen molar-refractivity contribution in [1.29, 1.82) is 0 Å². The molecule has 0 bridgehead atoms. The van der Waals surface area contributed by atoms with Crippen LogP contribution in [0.15, 0.2) is 0 Å². The average molecular weight is 199 g/mol. The van der Waals surface area contributed by atoms with Crippen LogP contribution < -0.4 is 0 Å². The lowest BCUT2D eigenvalue weighted by Crippen LogP contribution is -2.24. The monoisotopic (exact) mass is 199 g/mol. The maximum absolute atomic E-state index is 11.4. The number of hydrogen-bond donors (Lipinski definition) is 0. The van der Waals surface area contributed by atoms with Crippen LogP contribution in [0.5, 0.6) is 0 Å². The van der Waals surface area contributed by atoms with Gasteiger partial charge in [-0.25, -0.2) is 9.53 Å². The highest BCUT2D eigenvalue weighted by Crippen LogP contribution is 2.12. The highest BCUT2D eigenvalue weighted by molar-refractivity contribution is 6.34. The highest BCUT2D eigenvalue weighted by atomic mass is 16.5. The first-order valence-electron chi connectivity index (χ1n) is 5.16. The summed E-state index contributed by atoms with van der Waals surface area (Å²) < 4.78 is 5.75. The van der Waals surface area contributed by atoms with Crippen molar-refractivity contribution in [2.75, 3.05) is 6.61 Å². The van der Waals surface area contributed by atoms with E-state index in [1.165, 1.54) is 0 Å². The summed E-state index contributed by atoms with van der Waals surface area (Å²) in [6.45, 7) is 4.26. The maximum Gasteiger partial charge on any atom is 0.399 e. The quantitative estimate of drug-likeness (QED) is 0.298. The van der Waals surface area contributed by atoms with E-state index in [1.54, 1.807) is 0 Å². The van der Waals surface area contributed by atoms with Crippen molar-refractivity contribution in [2.24, 2.45) is 0 Å². The Hall–Kier alpha value is -1.06. The van der Waals surface area contributed by atoms with Gasteiger partial charge >= 0.3 is 5.97 Å². The molecule has 0 spiro atoms. The Morgan fingerprint density at radius 2 is 2.43 bits per heavy atom. The predicted molar refractivity (Wildman–Crippen MR) is 53.2 cm³/mol. The lowest BCUT2D eigenvalue weighted by molar-refractivity contribution is -0.487. The Balaban J connectivity index is 2.45. The molecule has 0 radical (unpaired) electrons. The van der Waals surface area contributed by atoms with Crippen LogP contribution in [0, 0.1) is 5.21 Å². The minimum absolute atomic E-state index is 0.0799. The van der Waals surface area contributed by atoms with Crippen LogP contribution in [0.2, 0.25) is 0 Å². The lowest BCUT2D eigenvalue weighted by atomic mass is 10.2. The minimum atomic E-state index is -0.433. The second-order valence-corrected chi connectivity index (χ2v) is 3.65. The molecule has 0 saturated carbocycles. The standard InChI is InChI=1S/C10H17NO3/c1-3-4-7-14-10(12)9-6-5-8(2)11(9)13/h8H,3-7H2,1-2H3. The van der Waals surface area contributed by atoms with Crippen LogP contribution in [0.25, 0.3) is 0 Å². The van der Waals surface area contributed by atoms with Gasteiger partial charge in [0.15, 0.2) is 6.04 Å². The molecule has 0 amide bonds. The van der Waals surface area contributed by atoms with Crippen LogP contribution in [0.4, 0.5) is 0 Å². The van der Waals surface area contributed by atoms with Crippen LogP contribution in [0.1, 0.15) is 39.5 Å². The fourth-order valence-corrected chi connectivity index (χ4v) is 1.42. The van der Waals surface area contributed by atoms with Gasteiger partial charge in [0.1, 0.15) is 0 Å². The second-order valence-electron chi connectivity index (χ2n) is 3.65. The summed E-state index contributed by atoms with van der Waals surface area (Å²) in [6, 6.07) is -0.0799. The molecule has 14 heavy (non-hydrogen) atoms. The van der Waals surface area contributed by atoms with Crippen LogP contribution in [-0.4, -0.2) is 29.1 Å². The lowest BCUT2D eigenvalue weighted by Gasteiger charge is -2.06. The van der Waals surface area contributed by atoms with Gasteiger partial charge in [-0.3, -0.25) is 0 Å². The summed E-state index contributed by atoms with van der Waals surface area (Å²) in [4.78, 5) is 11.4. The van der Waals surface area contributed by atoms with Crippen molar-refractivity contribution in [3.63, 3.8) is 0 Å². The van der Waals surface area contributed by atoms with Crippen molar-refractivity contribution in [1.82, 2.24) is 0 Å². The third kappa shape index (κ3) is 2.47. The molecular weight excluding hydrogens is 182 g/mol. The molecule has 1 unspecified atom stereocenters. The van der Waals surface area contributed by atoms with Gasteiger partial charge in [0.05, 0.1) is 6.61 Å². The van der Waals surface area contributed by atoms with E-state index in [-0.39, 0.29) is 11.8 Å². The number of hydroxylamine groups is 1. The minimum Gasteiger partial charge on any atom is -0.623 e. The molecule has 1 heterocycles. The zero-order valence-electron chi connectivity index (χ0n) is 8.78. The van der Waals surface area contributed by atoms with Gasteiger partial charge in [-0.2, -0.15) is 0 Å². The summed E-state index contributed by atoms with van der Waals surface area (Å²) in [5.74, 6) is -0.433. The molecular formula is C10H17NO3. The smallest absolute Gasteiger partial charge is 0.399 e. The molecule has 0 saturated heterocycles. The molecule has 1 aliphatic heterocycles. The first-order valence-corrected chi connectivity index (χ1v) is 5.16. The van der Waals surface area contributed by atoms with Crippen molar-refractivity contribution in [3.05, 3.63) is 5.21 Å². The Bertz CT molecular complexity index is 248. The molecule has 1 aliphatic rings. The summed E-state index contributed by atoms with van der Waals surface area (Å²) in [5.41, 5.74) is 0.286. The number of hydrogen-bond acceptors (Lipinski definition) is 3. The van der Waals surface area contributed by atoms with Gasteiger partial charge in [0.25, 0.3) is 5.71 Å². The highest BCUT2D eigenvalue weighted by Gasteiger charge is 2.31. The van der Waals surface area contributed by atoms with E-state index in [9.17, 15) is 10.0 Å². The maximum atomic E-state index is 11.4. The third-order valence-electron chi connectivity index (χ3n) is 2.43. The van der Waals surface area contributed by atoms with Gasteiger partial charge in [0, 0.05) is 12.8 Å². The first-order chi connectivity index (χ1) is 6.66. The molecule has 0 fully saturated rings. The van der Waals surface area contributed by atoms with E-state index in [4.69, 9.17) is 4.74 Å².